The lowest BCUT2D eigenvalue weighted by Crippen LogP contribution is -2.59. The number of Topliss-reactive ketones (excluding diaryl/α,β-unsaturated/α-hetero) is 1. The number of carbonyl (C=O) groups is 5. The van der Waals surface area contributed by atoms with Gasteiger partial charge in [-0.3, -0.25) is 24.0 Å². The molecule has 12 heteroatoms. The highest BCUT2D eigenvalue weighted by Crippen LogP contribution is 2.31. The van der Waals surface area contributed by atoms with E-state index < -0.39 is 35.9 Å². The van der Waals surface area contributed by atoms with Gasteiger partial charge in [0, 0.05) is 44.2 Å². The molecule has 10 nitrogen and oxygen atoms in total. The molecule has 56 heavy (non-hydrogen) atoms. The van der Waals surface area contributed by atoms with Crippen LogP contribution in [0, 0.1) is 12.8 Å². The second kappa shape index (κ2) is 19.6. The molecule has 3 aromatic carbocycles. The highest BCUT2D eigenvalue weighted by Gasteiger charge is 2.38. The summed E-state index contributed by atoms with van der Waals surface area (Å²) in [6.45, 7) is 2.64. The number of carbonyl (C=O) groups excluding carboxylic acids is 5. The molecule has 2 heterocycles. The molecule has 0 bridgehead atoms. The number of hydrogen-bond acceptors (Lipinski definition) is 7. The van der Waals surface area contributed by atoms with Crippen molar-refractivity contribution in [2.45, 2.75) is 83.0 Å². The van der Waals surface area contributed by atoms with Crippen LogP contribution < -0.4 is 16.0 Å². The van der Waals surface area contributed by atoms with Gasteiger partial charge in [0.05, 0.1) is 23.2 Å². The Morgan fingerprint density at radius 1 is 0.875 bits per heavy atom. The van der Waals surface area contributed by atoms with Gasteiger partial charge < -0.3 is 20.9 Å². The van der Waals surface area contributed by atoms with Gasteiger partial charge in [-0.2, -0.15) is 0 Å². The number of halogens is 1. The second-order valence-corrected chi connectivity index (χ2v) is 15.6. The Hall–Kier alpha value is -5.13. The molecule has 1 aromatic heterocycles. The van der Waals surface area contributed by atoms with Crippen LogP contribution in [0.25, 0.3) is 5.57 Å². The van der Waals surface area contributed by atoms with Crippen molar-refractivity contribution in [2.24, 2.45) is 5.92 Å². The molecule has 3 N–H and O–H groups in total. The van der Waals surface area contributed by atoms with Crippen LogP contribution >= 0.6 is 22.9 Å². The maximum absolute atomic E-state index is 14.5. The lowest BCUT2D eigenvalue weighted by molar-refractivity contribution is -0.145. The minimum atomic E-state index is -0.960. The smallest absolute Gasteiger partial charge is 0.246 e. The van der Waals surface area contributed by atoms with Gasteiger partial charge in [0.1, 0.15) is 18.0 Å². The molecule has 1 saturated heterocycles. The van der Waals surface area contributed by atoms with Crippen molar-refractivity contribution >= 4 is 57.9 Å². The van der Waals surface area contributed by atoms with Gasteiger partial charge >= 0.3 is 0 Å². The van der Waals surface area contributed by atoms with Crippen molar-refractivity contribution < 1.29 is 24.0 Å². The van der Waals surface area contributed by atoms with Gasteiger partial charge in [-0.15, -0.1) is 22.9 Å². The number of rotatable bonds is 17. The third-order valence-corrected chi connectivity index (χ3v) is 11.4. The van der Waals surface area contributed by atoms with Crippen LogP contribution in [0.3, 0.4) is 0 Å². The van der Waals surface area contributed by atoms with E-state index in [1.54, 1.807) is 5.51 Å². The first-order valence-electron chi connectivity index (χ1n) is 19.2. The molecule has 4 amide bonds. The molecule has 2 aliphatic rings. The van der Waals surface area contributed by atoms with E-state index in [2.05, 4.69) is 33.1 Å². The summed E-state index contributed by atoms with van der Waals surface area (Å²) >= 11 is 7.26. The van der Waals surface area contributed by atoms with Crippen LogP contribution in [0.1, 0.15) is 65.6 Å². The molecule has 1 aliphatic heterocycles. The minimum Gasteiger partial charge on any atom is -0.352 e. The van der Waals surface area contributed by atoms with E-state index in [1.807, 2.05) is 85.1 Å². The van der Waals surface area contributed by atoms with Gasteiger partial charge in [0.2, 0.25) is 23.6 Å². The zero-order chi connectivity index (χ0) is 39.4. The average molecular weight is 794 g/mol. The minimum absolute atomic E-state index is 0.117. The molecule has 4 aromatic rings. The zero-order valence-corrected chi connectivity index (χ0v) is 33.1. The summed E-state index contributed by atoms with van der Waals surface area (Å²) in [5.41, 5.74) is 8.45. The Balaban J connectivity index is 1.23. The number of nitrogens with one attached hydrogen (secondary N) is 3. The van der Waals surface area contributed by atoms with E-state index >= 15 is 0 Å². The monoisotopic (exact) mass is 793 g/mol. The van der Waals surface area contributed by atoms with E-state index in [1.165, 1.54) is 16.2 Å². The number of thiazole rings is 1. The number of alkyl halides is 1. The predicted octanol–water partition coefficient (Wildman–Crippen LogP) is 5.75. The Morgan fingerprint density at radius 2 is 1.64 bits per heavy atom. The lowest BCUT2D eigenvalue weighted by atomic mass is 9.89. The topological polar surface area (TPSA) is 138 Å². The molecule has 1 aliphatic carbocycles. The first-order valence-corrected chi connectivity index (χ1v) is 20.7. The molecular weight excluding hydrogens is 746 g/mol. The number of aromatic nitrogens is 1. The van der Waals surface area contributed by atoms with E-state index in [-0.39, 0.29) is 49.2 Å². The maximum Gasteiger partial charge on any atom is 0.246 e. The van der Waals surface area contributed by atoms with Gasteiger partial charge in [-0.25, -0.2) is 4.98 Å². The molecule has 4 atom stereocenters. The first-order chi connectivity index (χ1) is 27.2. The largest absolute Gasteiger partial charge is 0.352 e. The van der Waals surface area contributed by atoms with Crippen LogP contribution in [0.4, 0.5) is 0 Å². The molecule has 292 valence electrons. The van der Waals surface area contributed by atoms with Crippen LogP contribution in [-0.2, 0) is 49.8 Å². The van der Waals surface area contributed by atoms with Gasteiger partial charge in [-0.1, -0.05) is 90.5 Å². The third kappa shape index (κ3) is 10.8. The number of benzene rings is 3. The fraction of sp³-hybridized carbons (Fsp3) is 0.364. The summed E-state index contributed by atoms with van der Waals surface area (Å²) in [7, 11) is 0. The van der Waals surface area contributed by atoms with Crippen LogP contribution in [-0.4, -0.2) is 69.8 Å². The lowest BCUT2D eigenvalue weighted by Gasteiger charge is -2.37. The van der Waals surface area contributed by atoms with E-state index in [0.717, 1.165) is 39.8 Å². The van der Waals surface area contributed by atoms with E-state index in [4.69, 9.17) is 11.6 Å². The van der Waals surface area contributed by atoms with Crippen LogP contribution in [0.2, 0.25) is 0 Å². The number of fused-ring (bicyclic) bond motifs is 1. The number of amides is 4. The first kappa shape index (κ1) is 40.5. The normalized spacial score (nSPS) is 16.5. The predicted molar refractivity (Wildman–Crippen MR) is 219 cm³/mol. The molecule has 1 fully saturated rings. The van der Waals surface area contributed by atoms with Gasteiger partial charge in [0.25, 0.3) is 0 Å². The second-order valence-electron chi connectivity index (χ2n) is 14.6. The summed E-state index contributed by atoms with van der Waals surface area (Å²) < 4.78 is 0. The van der Waals surface area contributed by atoms with Gasteiger partial charge in [0.15, 0.2) is 5.78 Å². The van der Waals surface area contributed by atoms with Crippen molar-refractivity contribution in [1.29, 1.82) is 0 Å². The molecular formula is C44H48ClN5O5S. The third-order valence-electron chi connectivity index (χ3n) is 10.5. The summed E-state index contributed by atoms with van der Waals surface area (Å²) in [5.74, 6) is -2.88. The van der Waals surface area contributed by atoms with Gasteiger partial charge in [-0.05, 0) is 60.4 Å². The number of likely N-dealkylation sites (tertiary alicyclic amines) is 1. The fourth-order valence-electron chi connectivity index (χ4n) is 7.50. The van der Waals surface area contributed by atoms with Crippen molar-refractivity contribution in [1.82, 2.24) is 25.8 Å². The highest BCUT2D eigenvalue weighted by molar-refractivity contribution is 7.07. The number of hydrogen-bond donors (Lipinski definition) is 3. The molecule has 0 saturated carbocycles. The van der Waals surface area contributed by atoms with Crippen LogP contribution in [0.5, 0.6) is 0 Å². The summed E-state index contributed by atoms with van der Waals surface area (Å²) in [6.07, 6.45) is 5.23. The van der Waals surface area contributed by atoms with Crippen molar-refractivity contribution in [3.05, 3.63) is 129 Å². The Kier molecular flexibility index (Phi) is 14.2. The summed E-state index contributed by atoms with van der Waals surface area (Å²) in [4.78, 5) is 75.3. The summed E-state index contributed by atoms with van der Waals surface area (Å²) in [6, 6.07) is 22.5. The Labute approximate surface area is 337 Å². The van der Waals surface area contributed by atoms with Crippen molar-refractivity contribution in [3.8, 4) is 0 Å². The number of aryl methyl sites for hydroxylation is 1. The molecule has 0 unspecified atom stereocenters. The Morgan fingerprint density at radius 3 is 2.39 bits per heavy atom. The SMILES string of the molecule is Cc1ccc(CNC(=O)[C@@H](CC(=O)[C@H](CC2=CCc3ccccc32)NC(=O)[C@@H]2CCCCN2C(=O)[C@H](Cc2ccccc2)NC(=O)CCl)Cc2cscn2)cc1. The fourth-order valence-corrected chi connectivity index (χ4v) is 8.15. The standard InChI is InChI=1S/C44H48ClN5O5S/c1-29-14-16-31(17-15-29)26-46-42(53)34(22-35-27-56-28-47-35)24-40(51)37(23-33-19-18-32-11-5-6-12-36(32)33)49-43(54)39-13-7-8-20-50(39)44(55)38(48-41(52)25-45)21-30-9-3-2-4-10-30/h2-6,9-12,14-17,19,27-28,34,37-39H,7-8,13,18,20-26H2,1H3,(H,46,53)(H,48,52)(H,49,54)/t34-,37+,38+,39+/m1/s1. The highest BCUT2D eigenvalue weighted by atomic mass is 35.5. The van der Waals surface area contributed by atoms with Crippen LogP contribution in [0.15, 0.2) is 95.8 Å². The molecule has 6 rings (SSSR count). The quantitative estimate of drug-likeness (QED) is 0.117. The molecule has 0 radical (unpaired) electrons. The molecule has 0 spiro atoms. The number of nitrogens with zero attached hydrogens (tertiary/aromatic N) is 2. The average Bonchev–Trinajstić information content (AvgIpc) is 3.90. The summed E-state index contributed by atoms with van der Waals surface area (Å²) in [5, 5.41) is 10.7. The van der Waals surface area contributed by atoms with E-state index in [9.17, 15) is 24.0 Å². The zero-order valence-electron chi connectivity index (χ0n) is 31.5. The Bertz CT molecular complexity index is 2020. The number of allylic oxidation sites excluding steroid dienone is 1. The van der Waals surface area contributed by atoms with Crippen molar-refractivity contribution in [2.75, 3.05) is 12.4 Å². The van der Waals surface area contributed by atoms with E-state index in [0.29, 0.717) is 38.0 Å². The van der Waals surface area contributed by atoms with Crippen molar-refractivity contribution in [3.63, 3.8) is 0 Å². The number of ketones is 1. The number of piperidine rings is 1. The maximum atomic E-state index is 14.5.